The molecule has 1 aliphatic rings. The van der Waals surface area contributed by atoms with Crippen LogP contribution in [0.1, 0.15) is 5.56 Å². The number of nitrogens with one attached hydrogen (secondary N) is 2. The number of anilines is 1. The standard InChI is InChI=1S/C11H16N4O3/c1-8-5-13-11(4-10(8)15(16)17)14-7-9-6-12-2-3-18-9/h4-5,9,12H,2-3,6-7H2,1H3,(H,13,14). The number of ether oxygens (including phenoxy) is 1. The highest BCUT2D eigenvalue weighted by Crippen LogP contribution is 2.19. The van der Waals surface area contributed by atoms with Crippen LogP contribution in [0.4, 0.5) is 11.5 Å². The van der Waals surface area contributed by atoms with Gasteiger partial charge in [0.2, 0.25) is 0 Å². The molecule has 98 valence electrons. The van der Waals surface area contributed by atoms with Crippen LogP contribution in [0, 0.1) is 17.0 Å². The first-order chi connectivity index (χ1) is 8.66. The van der Waals surface area contributed by atoms with Gasteiger partial charge >= 0.3 is 0 Å². The molecule has 18 heavy (non-hydrogen) atoms. The number of morpholine rings is 1. The normalized spacial score (nSPS) is 19.5. The minimum Gasteiger partial charge on any atom is -0.374 e. The maximum Gasteiger partial charge on any atom is 0.277 e. The quantitative estimate of drug-likeness (QED) is 0.605. The molecule has 0 spiro atoms. The molecule has 1 atom stereocenters. The van der Waals surface area contributed by atoms with Crippen molar-refractivity contribution < 1.29 is 9.66 Å². The zero-order valence-corrected chi connectivity index (χ0v) is 10.2. The molecule has 7 heteroatoms. The SMILES string of the molecule is Cc1cnc(NCC2CNCCO2)cc1[N+](=O)[O-]. The molecule has 0 aromatic carbocycles. The summed E-state index contributed by atoms with van der Waals surface area (Å²) in [4.78, 5) is 14.5. The Bertz CT molecular complexity index is 432. The van der Waals surface area contributed by atoms with E-state index in [9.17, 15) is 10.1 Å². The van der Waals surface area contributed by atoms with Gasteiger partial charge in [-0.15, -0.1) is 0 Å². The van der Waals surface area contributed by atoms with E-state index in [1.807, 2.05) is 0 Å². The number of pyridine rings is 1. The van der Waals surface area contributed by atoms with E-state index in [0.29, 0.717) is 24.5 Å². The Morgan fingerprint density at radius 3 is 3.22 bits per heavy atom. The van der Waals surface area contributed by atoms with Gasteiger partial charge in [0, 0.05) is 31.4 Å². The summed E-state index contributed by atoms with van der Waals surface area (Å²) in [6.07, 6.45) is 1.57. The van der Waals surface area contributed by atoms with Gasteiger partial charge in [-0.25, -0.2) is 4.98 Å². The van der Waals surface area contributed by atoms with Crippen molar-refractivity contribution in [2.24, 2.45) is 0 Å². The second kappa shape index (κ2) is 5.74. The van der Waals surface area contributed by atoms with Gasteiger partial charge in [-0.3, -0.25) is 10.1 Å². The molecule has 1 aromatic rings. The molecule has 1 unspecified atom stereocenters. The first-order valence-electron chi connectivity index (χ1n) is 5.84. The van der Waals surface area contributed by atoms with Crippen molar-refractivity contribution in [2.75, 3.05) is 31.6 Å². The maximum atomic E-state index is 10.8. The monoisotopic (exact) mass is 252 g/mol. The van der Waals surface area contributed by atoms with E-state index in [2.05, 4.69) is 15.6 Å². The topological polar surface area (TPSA) is 89.3 Å². The van der Waals surface area contributed by atoms with Gasteiger partial charge < -0.3 is 15.4 Å². The van der Waals surface area contributed by atoms with E-state index in [1.165, 1.54) is 12.3 Å². The zero-order chi connectivity index (χ0) is 13.0. The first kappa shape index (κ1) is 12.7. The number of hydrogen-bond acceptors (Lipinski definition) is 6. The van der Waals surface area contributed by atoms with Gasteiger partial charge in [0.15, 0.2) is 0 Å². The van der Waals surface area contributed by atoms with E-state index in [-0.39, 0.29) is 11.8 Å². The third kappa shape index (κ3) is 3.14. The van der Waals surface area contributed by atoms with E-state index in [1.54, 1.807) is 6.92 Å². The second-order valence-electron chi connectivity index (χ2n) is 4.19. The summed E-state index contributed by atoms with van der Waals surface area (Å²) >= 11 is 0. The highest BCUT2D eigenvalue weighted by atomic mass is 16.6. The molecule has 1 aliphatic heterocycles. The van der Waals surface area contributed by atoms with Gasteiger partial charge in [0.05, 0.1) is 23.7 Å². The predicted molar refractivity (Wildman–Crippen MR) is 66.7 cm³/mol. The average Bonchev–Trinajstić information content (AvgIpc) is 2.38. The molecule has 7 nitrogen and oxygen atoms in total. The van der Waals surface area contributed by atoms with Crippen LogP contribution >= 0.6 is 0 Å². The van der Waals surface area contributed by atoms with Crippen molar-refractivity contribution in [2.45, 2.75) is 13.0 Å². The molecule has 2 N–H and O–H groups in total. The molecular weight excluding hydrogens is 236 g/mol. The predicted octanol–water partition coefficient (Wildman–Crippen LogP) is 0.699. The highest BCUT2D eigenvalue weighted by Gasteiger charge is 2.15. The fourth-order valence-corrected chi connectivity index (χ4v) is 1.78. The number of hydrogen-bond donors (Lipinski definition) is 2. The summed E-state index contributed by atoms with van der Waals surface area (Å²) in [6.45, 7) is 4.59. The van der Waals surface area contributed by atoms with Crippen LogP contribution in [0.15, 0.2) is 12.3 Å². The maximum absolute atomic E-state index is 10.8. The van der Waals surface area contributed by atoms with E-state index >= 15 is 0 Å². The minimum atomic E-state index is -0.402. The van der Waals surface area contributed by atoms with Gasteiger partial charge in [-0.05, 0) is 6.92 Å². The Labute approximate surface area is 105 Å². The number of rotatable bonds is 4. The van der Waals surface area contributed by atoms with Crippen molar-refractivity contribution in [1.29, 1.82) is 0 Å². The molecule has 0 amide bonds. The van der Waals surface area contributed by atoms with Crippen molar-refractivity contribution in [3.8, 4) is 0 Å². The fourth-order valence-electron chi connectivity index (χ4n) is 1.78. The van der Waals surface area contributed by atoms with Gasteiger partial charge in [-0.2, -0.15) is 0 Å². The zero-order valence-electron chi connectivity index (χ0n) is 10.2. The molecule has 1 fully saturated rings. The number of aryl methyl sites for hydroxylation is 1. The first-order valence-corrected chi connectivity index (χ1v) is 5.84. The number of nitrogens with zero attached hydrogens (tertiary/aromatic N) is 2. The van der Waals surface area contributed by atoms with Crippen LogP contribution in [0.5, 0.6) is 0 Å². The summed E-state index contributed by atoms with van der Waals surface area (Å²) in [6, 6.07) is 1.45. The minimum absolute atomic E-state index is 0.0703. The lowest BCUT2D eigenvalue weighted by Crippen LogP contribution is -2.42. The third-order valence-electron chi connectivity index (χ3n) is 2.79. The molecule has 1 aromatic heterocycles. The molecule has 2 rings (SSSR count). The second-order valence-corrected chi connectivity index (χ2v) is 4.19. The molecule has 0 radical (unpaired) electrons. The summed E-state index contributed by atoms with van der Waals surface area (Å²) in [5, 5.41) is 17.1. The van der Waals surface area contributed by atoms with Gasteiger partial charge in [-0.1, -0.05) is 0 Å². The van der Waals surface area contributed by atoms with Crippen molar-refractivity contribution in [3.63, 3.8) is 0 Å². The Hall–Kier alpha value is -1.73. The van der Waals surface area contributed by atoms with E-state index in [4.69, 9.17) is 4.74 Å². The van der Waals surface area contributed by atoms with Crippen LogP contribution < -0.4 is 10.6 Å². The number of nitro groups is 1. The largest absolute Gasteiger partial charge is 0.374 e. The van der Waals surface area contributed by atoms with Crippen LogP contribution in [-0.4, -0.2) is 42.3 Å². The molecule has 0 aliphatic carbocycles. The average molecular weight is 252 g/mol. The number of aromatic nitrogens is 1. The van der Waals surface area contributed by atoms with E-state index < -0.39 is 4.92 Å². The lowest BCUT2D eigenvalue weighted by atomic mass is 10.2. The molecule has 0 saturated carbocycles. The fraction of sp³-hybridized carbons (Fsp3) is 0.545. The Morgan fingerprint density at radius 1 is 1.72 bits per heavy atom. The van der Waals surface area contributed by atoms with Gasteiger partial charge in [0.25, 0.3) is 5.69 Å². The smallest absolute Gasteiger partial charge is 0.277 e. The van der Waals surface area contributed by atoms with Crippen LogP contribution in [0.2, 0.25) is 0 Å². The molecule has 1 saturated heterocycles. The van der Waals surface area contributed by atoms with Crippen LogP contribution in [-0.2, 0) is 4.74 Å². The lowest BCUT2D eigenvalue weighted by Gasteiger charge is -2.23. The highest BCUT2D eigenvalue weighted by molar-refractivity contribution is 5.48. The summed E-state index contributed by atoms with van der Waals surface area (Å²) in [7, 11) is 0. The third-order valence-corrected chi connectivity index (χ3v) is 2.79. The molecular formula is C11H16N4O3. The lowest BCUT2D eigenvalue weighted by molar-refractivity contribution is -0.385. The summed E-state index contributed by atoms with van der Waals surface area (Å²) in [5.74, 6) is 0.501. The molecule has 2 heterocycles. The summed E-state index contributed by atoms with van der Waals surface area (Å²) in [5.41, 5.74) is 0.635. The van der Waals surface area contributed by atoms with E-state index in [0.717, 1.165) is 13.1 Å². The van der Waals surface area contributed by atoms with Crippen molar-refractivity contribution in [1.82, 2.24) is 10.3 Å². The van der Waals surface area contributed by atoms with Crippen molar-refractivity contribution >= 4 is 11.5 Å². The van der Waals surface area contributed by atoms with Gasteiger partial charge in [0.1, 0.15) is 5.82 Å². The Balaban J connectivity index is 1.96. The van der Waals surface area contributed by atoms with Crippen LogP contribution in [0.3, 0.4) is 0 Å². The van der Waals surface area contributed by atoms with Crippen LogP contribution in [0.25, 0.3) is 0 Å². The summed E-state index contributed by atoms with van der Waals surface area (Å²) < 4.78 is 5.51. The van der Waals surface area contributed by atoms with Crippen molar-refractivity contribution in [3.05, 3.63) is 27.9 Å². The Kier molecular flexibility index (Phi) is 4.06. The Morgan fingerprint density at radius 2 is 2.56 bits per heavy atom. The molecule has 0 bridgehead atoms.